The van der Waals surface area contributed by atoms with Crippen LogP contribution in [0.2, 0.25) is 0 Å². The van der Waals surface area contributed by atoms with Gasteiger partial charge in [-0.1, -0.05) is 18.2 Å². The SMILES string of the molecule is O=C(/C=C/c1ccc(OC(F)(F)C(=O)O)cc1)NCc1cccnc1. The Morgan fingerprint density at radius 2 is 1.96 bits per heavy atom. The molecule has 0 atom stereocenters. The van der Waals surface area contributed by atoms with E-state index in [-0.39, 0.29) is 11.7 Å². The van der Waals surface area contributed by atoms with Crippen molar-refractivity contribution in [1.82, 2.24) is 10.3 Å². The van der Waals surface area contributed by atoms with E-state index in [1.165, 1.54) is 36.4 Å². The van der Waals surface area contributed by atoms with Crippen molar-refractivity contribution in [2.75, 3.05) is 0 Å². The highest BCUT2D eigenvalue weighted by Crippen LogP contribution is 2.22. The molecule has 25 heavy (non-hydrogen) atoms. The van der Waals surface area contributed by atoms with Gasteiger partial charge in [0.25, 0.3) is 0 Å². The Hall–Kier alpha value is -3.29. The minimum atomic E-state index is -4.30. The van der Waals surface area contributed by atoms with Crippen LogP contribution >= 0.6 is 0 Å². The van der Waals surface area contributed by atoms with E-state index in [9.17, 15) is 18.4 Å². The van der Waals surface area contributed by atoms with E-state index >= 15 is 0 Å². The Balaban J connectivity index is 1.88. The fourth-order valence-electron chi connectivity index (χ4n) is 1.76. The van der Waals surface area contributed by atoms with Crippen LogP contribution in [0.25, 0.3) is 6.08 Å². The van der Waals surface area contributed by atoms with Gasteiger partial charge in [0.1, 0.15) is 5.75 Å². The number of carboxylic acid groups (broad SMARTS) is 1. The molecule has 0 radical (unpaired) electrons. The molecule has 6 nitrogen and oxygen atoms in total. The van der Waals surface area contributed by atoms with E-state index in [0.29, 0.717) is 12.1 Å². The van der Waals surface area contributed by atoms with Gasteiger partial charge < -0.3 is 15.2 Å². The molecule has 1 aromatic heterocycles. The zero-order valence-electron chi connectivity index (χ0n) is 12.9. The molecule has 0 aliphatic rings. The zero-order chi connectivity index (χ0) is 18.3. The monoisotopic (exact) mass is 348 g/mol. The quantitative estimate of drug-likeness (QED) is 0.751. The number of amides is 1. The topological polar surface area (TPSA) is 88.5 Å². The first-order chi connectivity index (χ1) is 11.9. The van der Waals surface area contributed by atoms with Gasteiger partial charge in [0.15, 0.2) is 0 Å². The van der Waals surface area contributed by atoms with Gasteiger partial charge in [-0.3, -0.25) is 9.78 Å². The first-order valence-corrected chi connectivity index (χ1v) is 7.12. The number of alkyl halides is 2. The number of aliphatic carboxylic acids is 1. The Morgan fingerprint density at radius 3 is 2.56 bits per heavy atom. The molecule has 2 rings (SSSR count). The molecule has 0 spiro atoms. The summed E-state index contributed by atoms with van der Waals surface area (Å²) < 4.78 is 29.9. The van der Waals surface area contributed by atoms with Crippen LogP contribution in [0, 0.1) is 0 Å². The molecule has 0 unspecified atom stereocenters. The molecule has 1 aromatic carbocycles. The largest absolute Gasteiger partial charge is 0.501 e. The predicted molar refractivity (Wildman–Crippen MR) is 84.8 cm³/mol. The molecular weight excluding hydrogens is 334 g/mol. The molecule has 130 valence electrons. The Kier molecular flexibility index (Phi) is 5.78. The van der Waals surface area contributed by atoms with Crippen LogP contribution in [0.4, 0.5) is 8.78 Å². The summed E-state index contributed by atoms with van der Waals surface area (Å²) in [6, 6.07) is 8.78. The number of benzene rings is 1. The second-order valence-electron chi connectivity index (χ2n) is 4.91. The van der Waals surface area contributed by atoms with Crippen molar-refractivity contribution in [3.05, 3.63) is 66.0 Å². The number of nitrogens with one attached hydrogen (secondary N) is 1. The normalized spacial score (nSPS) is 11.3. The Morgan fingerprint density at radius 1 is 1.24 bits per heavy atom. The van der Waals surface area contributed by atoms with Gasteiger partial charge in [-0.05, 0) is 35.4 Å². The zero-order valence-corrected chi connectivity index (χ0v) is 12.9. The molecule has 8 heteroatoms. The summed E-state index contributed by atoms with van der Waals surface area (Å²) in [6.45, 7) is 0.327. The number of ether oxygens (including phenoxy) is 1. The minimum absolute atomic E-state index is 0.300. The standard InChI is InChI=1S/C17H14F2N2O4/c18-17(19,16(23)24)25-14-6-3-12(4-7-14)5-8-15(22)21-11-13-2-1-9-20-10-13/h1-10H,11H2,(H,21,22)(H,23,24)/b8-5+. The third kappa shape index (κ3) is 5.69. The molecule has 1 amide bonds. The van der Waals surface area contributed by atoms with Crippen molar-refractivity contribution in [2.45, 2.75) is 12.7 Å². The van der Waals surface area contributed by atoms with E-state index in [4.69, 9.17) is 5.11 Å². The lowest BCUT2D eigenvalue weighted by Gasteiger charge is -2.12. The lowest BCUT2D eigenvalue weighted by Crippen LogP contribution is -2.34. The van der Waals surface area contributed by atoms with Crippen LogP contribution in [-0.2, 0) is 16.1 Å². The number of carbonyl (C=O) groups is 2. The highest BCUT2D eigenvalue weighted by Gasteiger charge is 2.42. The van der Waals surface area contributed by atoms with E-state index in [0.717, 1.165) is 5.56 Å². The van der Waals surface area contributed by atoms with Crippen molar-refractivity contribution in [1.29, 1.82) is 0 Å². The average molecular weight is 348 g/mol. The summed E-state index contributed by atoms with van der Waals surface area (Å²) in [5.41, 5.74) is 1.41. The van der Waals surface area contributed by atoms with Crippen LogP contribution in [0.3, 0.4) is 0 Å². The third-order valence-corrected chi connectivity index (χ3v) is 2.99. The summed E-state index contributed by atoms with van der Waals surface area (Å²) in [4.78, 5) is 25.9. The predicted octanol–water partition coefficient (Wildman–Crippen LogP) is 2.47. The van der Waals surface area contributed by atoms with Crippen LogP contribution in [0.15, 0.2) is 54.9 Å². The molecule has 0 fully saturated rings. The molecule has 0 bridgehead atoms. The second-order valence-corrected chi connectivity index (χ2v) is 4.91. The van der Waals surface area contributed by atoms with Gasteiger partial charge in [0, 0.05) is 25.0 Å². The van der Waals surface area contributed by atoms with Crippen LogP contribution in [0.1, 0.15) is 11.1 Å². The summed E-state index contributed by atoms with van der Waals surface area (Å²) in [6.07, 6.45) is 1.74. The van der Waals surface area contributed by atoms with E-state index < -0.39 is 12.1 Å². The van der Waals surface area contributed by atoms with Gasteiger partial charge >= 0.3 is 12.1 Å². The molecule has 0 saturated heterocycles. The summed E-state index contributed by atoms with van der Waals surface area (Å²) >= 11 is 0. The molecule has 0 aliphatic heterocycles. The second kappa shape index (κ2) is 8.00. The number of hydrogen-bond acceptors (Lipinski definition) is 4. The Labute approximate surface area is 141 Å². The third-order valence-electron chi connectivity index (χ3n) is 2.99. The first kappa shape index (κ1) is 18.1. The molecule has 2 N–H and O–H groups in total. The minimum Gasteiger partial charge on any atom is -0.474 e. The number of pyridine rings is 1. The van der Waals surface area contributed by atoms with Gasteiger partial charge in [-0.15, -0.1) is 0 Å². The number of hydrogen-bond donors (Lipinski definition) is 2. The summed E-state index contributed by atoms with van der Waals surface area (Å²) in [5.74, 6) is -3.01. The van der Waals surface area contributed by atoms with Crippen molar-refractivity contribution in [3.63, 3.8) is 0 Å². The first-order valence-electron chi connectivity index (χ1n) is 7.12. The molecule has 1 heterocycles. The maximum Gasteiger partial charge on any atom is 0.501 e. The van der Waals surface area contributed by atoms with Crippen molar-refractivity contribution >= 4 is 18.0 Å². The maximum absolute atomic E-state index is 12.9. The van der Waals surface area contributed by atoms with Crippen LogP contribution in [0.5, 0.6) is 5.75 Å². The van der Waals surface area contributed by atoms with Gasteiger partial charge in [0.05, 0.1) is 0 Å². The van der Waals surface area contributed by atoms with Crippen molar-refractivity contribution in [3.8, 4) is 5.75 Å². The van der Waals surface area contributed by atoms with E-state index in [1.807, 2.05) is 6.07 Å². The number of carbonyl (C=O) groups excluding carboxylic acids is 1. The average Bonchev–Trinajstić information content (AvgIpc) is 2.60. The lowest BCUT2D eigenvalue weighted by atomic mass is 10.2. The summed E-state index contributed by atoms with van der Waals surface area (Å²) in [5, 5.41) is 11.0. The smallest absolute Gasteiger partial charge is 0.474 e. The molecule has 0 aliphatic carbocycles. The fourth-order valence-corrected chi connectivity index (χ4v) is 1.76. The number of nitrogens with zero attached hydrogens (tertiary/aromatic N) is 1. The van der Waals surface area contributed by atoms with E-state index in [2.05, 4.69) is 15.0 Å². The van der Waals surface area contributed by atoms with Crippen molar-refractivity contribution in [2.24, 2.45) is 0 Å². The number of aromatic nitrogens is 1. The Bertz CT molecular complexity index is 762. The van der Waals surface area contributed by atoms with E-state index in [1.54, 1.807) is 18.5 Å². The molecule has 0 saturated carbocycles. The van der Waals surface area contributed by atoms with Crippen LogP contribution < -0.4 is 10.1 Å². The summed E-state index contributed by atoms with van der Waals surface area (Å²) in [7, 11) is 0. The van der Waals surface area contributed by atoms with Crippen LogP contribution in [-0.4, -0.2) is 28.1 Å². The fraction of sp³-hybridized carbons (Fsp3) is 0.118. The number of halogens is 2. The highest BCUT2D eigenvalue weighted by atomic mass is 19.3. The van der Waals surface area contributed by atoms with Gasteiger partial charge in [-0.2, -0.15) is 8.78 Å². The molecule has 2 aromatic rings. The van der Waals surface area contributed by atoms with Gasteiger partial charge in [-0.25, -0.2) is 4.79 Å². The highest BCUT2D eigenvalue weighted by molar-refractivity contribution is 5.91. The molecular formula is C17H14F2N2O4. The number of rotatable bonds is 7. The lowest BCUT2D eigenvalue weighted by molar-refractivity contribution is -0.210. The number of carboxylic acids is 1. The van der Waals surface area contributed by atoms with Gasteiger partial charge in [0.2, 0.25) is 5.91 Å². The van der Waals surface area contributed by atoms with Crippen molar-refractivity contribution < 1.29 is 28.2 Å². The maximum atomic E-state index is 12.9.